The van der Waals surface area contributed by atoms with Crippen LogP contribution in [0.3, 0.4) is 0 Å². The predicted molar refractivity (Wildman–Crippen MR) is 64.6 cm³/mol. The molecule has 16 heavy (non-hydrogen) atoms. The van der Waals surface area contributed by atoms with Gasteiger partial charge in [0.05, 0.1) is 0 Å². The van der Waals surface area contributed by atoms with Gasteiger partial charge in [0.15, 0.2) is 0 Å². The first kappa shape index (κ1) is 11.2. The van der Waals surface area contributed by atoms with Gasteiger partial charge in [-0.15, -0.1) is 0 Å². The molecular weight excluding hydrogens is 202 g/mol. The van der Waals surface area contributed by atoms with Crippen LogP contribution in [-0.4, -0.2) is 23.1 Å². The Labute approximate surface area is 95.7 Å². The van der Waals surface area contributed by atoms with Gasteiger partial charge in [0.25, 0.3) is 5.56 Å². The monoisotopic (exact) mass is 221 g/mol. The second kappa shape index (κ2) is 4.68. The smallest absolute Gasteiger partial charge is 0.252 e. The fraction of sp³-hybridized carbons (Fsp3) is 0.667. The molecule has 1 aromatic rings. The molecular formula is C12H19N3O. The first-order valence-corrected chi connectivity index (χ1v) is 5.97. The van der Waals surface area contributed by atoms with E-state index in [-0.39, 0.29) is 5.56 Å². The lowest BCUT2D eigenvalue weighted by molar-refractivity contribution is 0.310. The zero-order chi connectivity index (χ0) is 11.5. The zero-order valence-electron chi connectivity index (χ0n) is 9.94. The number of hydrogen-bond donors (Lipinski definition) is 1. The van der Waals surface area contributed by atoms with Gasteiger partial charge in [-0.2, -0.15) is 0 Å². The molecule has 1 aromatic heterocycles. The minimum absolute atomic E-state index is 0.0732. The summed E-state index contributed by atoms with van der Waals surface area (Å²) in [5, 5.41) is 0. The SMILES string of the molecule is CC(C)C1CCN(c2nccc(=O)[nH]2)CC1. The van der Waals surface area contributed by atoms with E-state index in [1.807, 2.05) is 0 Å². The molecule has 2 rings (SSSR count). The summed E-state index contributed by atoms with van der Waals surface area (Å²) in [4.78, 5) is 20.3. The molecule has 1 aliphatic rings. The molecule has 0 radical (unpaired) electrons. The number of piperidine rings is 1. The average Bonchev–Trinajstić information content (AvgIpc) is 2.29. The lowest BCUT2D eigenvalue weighted by atomic mass is 9.87. The van der Waals surface area contributed by atoms with Gasteiger partial charge in [-0.1, -0.05) is 13.8 Å². The van der Waals surface area contributed by atoms with Crippen LogP contribution in [0.25, 0.3) is 0 Å². The van der Waals surface area contributed by atoms with Crippen LogP contribution in [0, 0.1) is 11.8 Å². The van der Waals surface area contributed by atoms with Gasteiger partial charge >= 0.3 is 0 Å². The van der Waals surface area contributed by atoms with Crippen molar-refractivity contribution in [1.82, 2.24) is 9.97 Å². The van der Waals surface area contributed by atoms with E-state index in [9.17, 15) is 4.79 Å². The van der Waals surface area contributed by atoms with Crippen molar-refractivity contribution in [3.8, 4) is 0 Å². The third kappa shape index (κ3) is 2.43. The van der Waals surface area contributed by atoms with Gasteiger partial charge in [0.2, 0.25) is 5.95 Å². The van der Waals surface area contributed by atoms with E-state index < -0.39 is 0 Å². The molecule has 0 aromatic carbocycles. The van der Waals surface area contributed by atoms with Crippen LogP contribution in [0.5, 0.6) is 0 Å². The maximum Gasteiger partial charge on any atom is 0.252 e. The van der Waals surface area contributed by atoms with Gasteiger partial charge in [-0.3, -0.25) is 9.78 Å². The van der Waals surface area contributed by atoms with Crippen molar-refractivity contribution in [2.24, 2.45) is 11.8 Å². The first-order valence-electron chi connectivity index (χ1n) is 5.97. The molecule has 1 N–H and O–H groups in total. The van der Waals surface area contributed by atoms with Crippen LogP contribution < -0.4 is 10.5 Å². The number of aromatic nitrogens is 2. The molecule has 88 valence electrons. The van der Waals surface area contributed by atoms with E-state index in [4.69, 9.17) is 0 Å². The Morgan fingerprint density at radius 2 is 2.12 bits per heavy atom. The Bertz CT molecular complexity index is 391. The molecule has 0 spiro atoms. The van der Waals surface area contributed by atoms with Crippen molar-refractivity contribution in [3.05, 3.63) is 22.6 Å². The van der Waals surface area contributed by atoms with Gasteiger partial charge in [-0.05, 0) is 24.7 Å². The minimum atomic E-state index is -0.0732. The van der Waals surface area contributed by atoms with Crippen LogP contribution in [0.4, 0.5) is 5.95 Å². The molecule has 0 saturated carbocycles. The summed E-state index contributed by atoms with van der Waals surface area (Å²) in [6.07, 6.45) is 3.95. The second-order valence-corrected chi connectivity index (χ2v) is 4.83. The molecule has 1 aliphatic heterocycles. The second-order valence-electron chi connectivity index (χ2n) is 4.83. The Morgan fingerprint density at radius 1 is 1.44 bits per heavy atom. The summed E-state index contributed by atoms with van der Waals surface area (Å²) >= 11 is 0. The molecule has 4 nitrogen and oxygen atoms in total. The van der Waals surface area contributed by atoms with Crippen LogP contribution in [0.1, 0.15) is 26.7 Å². The Balaban J connectivity index is 2.02. The summed E-state index contributed by atoms with van der Waals surface area (Å²) in [5.41, 5.74) is -0.0732. The summed E-state index contributed by atoms with van der Waals surface area (Å²) in [5.74, 6) is 2.28. The molecule has 1 fully saturated rings. The molecule has 0 unspecified atom stereocenters. The minimum Gasteiger partial charge on any atom is -0.342 e. The lowest BCUT2D eigenvalue weighted by Crippen LogP contribution is -2.37. The third-order valence-corrected chi connectivity index (χ3v) is 3.44. The molecule has 4 heteroatoms. The quantitative estimate of drug-likeness (QED) is 0.826. The largest absolute Gasteiger partial charge is 0.342 e. The first-order chi connectivity index (χ1) is 7.66. The molecule has 2 heterocycles. The van der Waals surface area contributed by atoms with E-state index >= 15 is 0 Å². The molecule has 0 amide bonds. The number of aromatic amines is 1. The van der Waals surface area contributed by atoms with Gasteiger partial charge in [0, 0.05) is 25.4 Å². The molecule has 1 saturated heterocycles. The number of hydrogen-bond acceptors (Lipinski definition) is 3. The van der Waals surface area contributed by atoms with Crippen molar-refractivity contribution in [2.75, 3.05) is 18.0 Å². The third-order valence-electron chi connectivity index (χ3n) is 3.44. The van der Waals surface area contributed by atoms with Crippen LogP contribution in [-0.2, 0) is 0 Å². The summed E-state index contributed by atoms with van der Waals surface area (Å²) in [6, 6.07) is 1.45. The zero-order valence-corrected chi connectivity index (χ0v) is 9.94. The van der Waals surface area contributed by atoms with E-state index in [1.54, 1.807) is 6.20 Å². The van der Waals surface area contributed by atoms with Crippen molar-refractivity contribution in [3.63, 3.8) is 0 Å². The normalized spacial score (nSPS) is 18.1. The number of anilines is 1. The van der Waals surface area contributed by atoms with Crippen molar-refractivity contribution >= 4 is 5.95 Å². The fourth-order valence-corrected chi connectivity index (χ4v) is 2.30. The number of nitrogens with zero attached hydrogens (tertiary/aromatic N) is 2. The Kier molecular flexibility index (Phi) is 3.27. The lowest BCUT2D eigenvalue weighted by Gasteiger charge is -2.33. The van der Waals surface area contributed by atoms with Crippen molar-refractivity contribution in [1.29, 1.82) is 0 Å². The number of nitrogens with one attached hydrogen (secondary N) is 1. The van der Waals surface area contributed by atoms with Crippen LogP contribution in [0.15, 0.2) is 17.1 Å². The van der Waals surface area contributed by atoms with E-state index in [1.165, 1.54) is 18.9 Å². The number of H-pyrrole nitrogens is 1. The highest BCUT2D eigenvalue weighted by Gasteiger charge is 2.22. The maximum atomic E-state index is 11.2. The van der Waals surface area contributed by atoms with Crippen molar-refractivity contribution in [2.45, 2.75) is 26.7 Å². The highest BCUT2D eigenvalue weighted by Crippen LogP contribution is 2.25. The van der Waals surface area contributed by atoms with E-state index in [2.05, 4.69) is 28.7 Å². The molecule has 0 bridgehead atoms. The number of rotatable bonds is 2. The van der Waals surface area contributed by atoms with Gasteiger partial charge in [0.1, 0.15) is 0 Å². The van der Waals surface area contributed by atoms with Gasteiger partial charge < -0.3 is 4.90 Å². The van der Waals surface area contributed by atoms with E-state index in [0.717, 1.165) is 30.9 Å². The van der Waals surface area contributed by atoms with Crippen LogP contribution in [0.2, 0.25) is 0 Å². The summed E-state index contributed by atoms with van der Waals surface area (Å²) in [6.45, 7) is 6.55. The summed E-state index contributed by atoms with van der Waals surface area (Å²) < 4.78 is 0. The summed E-state index contributed by atoms with van der Waals surface area (Å²) in [7, 11) is 0. The molecule has 0 atom stereocenters. The standard InChI is InChI=1S/C12H19N3O/c1-9(2)10-4-7-15(8-5-10)12-13-6-3-11(16)14-12/h3,6,9-10H,4-5,7-8H2,1-2H3,(H,13,14,16). The van der Waals surface area contributed by atoms with Crippen molar-refractivity contribution < 1.29 is 0 Å². The highest BCUT2D eigenvalue weighted by molar-refractivity contribution is 5.28. The molecule has 0 aliphatic carbocycles. The van der Waals surface area contributed by atoms with E-state index in [0.29, 0.717) is 0 Å². The topological polar surface area (TPSA) is 49.0 Å². The Morgan fingerprint density at radius 3 is 2.69 bits per heavy atom. The van der Waals surface area contributed by atoms with Crippen LogP contribution >= 0.6 is 0 Å². The van der Waals surface area contributed by atoms with Gasteiger partial charge in [-0.25, -0.2) is 4.98 Å². The maximum absolute atomic E-state index is 11.2. The average molecular weight is 221 g/mol. The highest BCUT2D eigenvalue weighted by atomic mass is 16.1. The Hall–Kier alpha value is -1.32. The predicted octanol–water partition coefficient (Wildman–Crippen LogP) is 1.64. The fourth-order valence-electron chi connectivity index (χ4n) is 2.30.